The Morgan fingerprint density at radius 3 is 2.37 bits per heavy atom. The van der Waals surface area contributed by atoms with Gasteiger partial charge in [-0.3, -0.25) is 10.1 Å². The highest BCUT2D eigenvalue weighted by Gasteiger charge is 2.19. The maximum atomic E-state index is 12.7. The van der Waals surface area contributed by atoms with E-state index in [1.807, 2.05) is 61.6 Å². The predicted molar refractivity (Wildman–Crippen MR) is 122 cm³/mol. The molecule has 3 rings (SSSR count). The number of allylic oxidation sites excluding steroid dienone is 5. The highest BCUT2D eigenvalue weighted by atomic mass is 32.1. The van der Waals surface area contributed by atoms with E-state index in [9.17, 15) is 14.7 Å². The number of nitrogens with zero attached hydrogens (tertiary/aromatic N) is 1. The summed E-state index contributed by atoms with van der Waals surface area (Å²) in [7, 11) is 0. The van der Waals surface area contributed by atoms with Crippen molar-refractivity contribution in [2.24, 2.45) is 0 Å². The van der Waals surface area contributed by atoms with Crippen molar-refractivity contribution in [3.05, 3.63) is 102 Å². The fraction of sp³-hybridized carbons (Fsp3) is 0.0417. The predicted octanol–water partition coefficient (Wildman–Crippen LogP) is 5.91. The lowest BCUT2D eigenvalue weighted by molar-refractivity contribution is 0.0692. The Hall–Kier alpha value is -3.77. The summed E-state index contributed by atoms with van der Waals surface area (Å²) in [4.78, 5) is 29.6. The Morgan fingerprint density at radius 2 is 1.70 bits per heavy atom. The molecule has 6 heteroatoms. The van der Waals surface area contributed by atoms with Gasteiger partial charge in [-0.05, 0) is 30.2 Å². The first-order valence-electron chi connectivity index (χ1n) is 9.19. The highest BCUT2D eigenvalue weighted by molar-refractivity contribution is 7.19. The number of carbonyl (C=O) groups excluding carboxylic acids is 1. The van der Waals surface area contributed by atoms with Crippen LogP contribution in [-0.2, 0) is 0 Å². The van der Waals surface area contributed by atoms with Gasteiger partial charge in [-0.25, -0.2) is 9.78 Å². The third kappa shape index (κ3) is 4.79. The van der Waals surface area contributed by atoms with Gasteiger partial charge < -0.3 is 5.11 Å². The van der Waals surface area contributed by atoms with Gasteiger partial charge in [-0.15, -0.1) is 0 Å². The summed E-state index contributed by atoms with van der Waals surface area (Å²) in [6.45, 7) is 6.03. The molecule has 0 saturated heterocycles. The minimum Gasteiger partial charge on any atom is -0.478 e. The smallest absolute Gasteiger partial charge is 0.336 e. The Kier molecular flexibility index (Phi) is 6.72. The Balaban J connectivity index is 1.97. The zero-order valence-electron chi connectivity index (χ0n) is 16.3. The summed E-state index contributed by atoms with van der Waals surface area (Å²) in [6.07, 6.45) is 7.53. The van der Waals surface area contributed by atoms with Crippen LogP contribution in [0.4, 0.5) is 5.13 Å². The van der Waals surface area contributed by atoms with E-state index in [4.69, 9.17) is 0 Å². The first-order chi connectivity index (χ1) is 14.5. The average Bonchev–Trinajstić information content (AvgIpc) is 3.18. The van der Waals surface area contributed by atoms with Gasteiger partial charge in [0.05, 0.1) is 21.7 Å². The summed E-state index contributed by atoms with van der Waals surface area (Å²) in [6, 6.07) is 15.8. The lowest BCUT2D eigenvalue weighted by atomic mass is 10.1. The van der Waals surface area contributed by atoms with Gasteiger partial charge >= 0.3 is 5.97 Å². The molecule has 3 aromatic rings. The molecule has 0 bridgehead atoms. The molecule has 1 amide bonds. The molecule has 0 spiro atoms. The molecule has 2 N–H and O–H groups in total. The van der Waals surface area contributed by atoms with Crippen molar-refractivity contribution < 1.29 is 14.7 Å². The topological polar surface area (TPSA) is 79.3 Å². The van der Waals surface area contributed by atoms with E-state index in [0.29, 0.717) is 16.4 Å². The van der Waals surface area contributed by atoms with Crippen LogP contribution in [0.1, 0.15) is 33.3 Å². The molecule has 0 aliphatic rings. The monoisotopic (exact) mass is 416 g/mol. The van der Waals surface area contributed by atoms with Crippen molar-refractivity contribution in [1.29, 1.82) is 0 Å². The second kappa shape index (κ2) is 9.62. The molecule has 0 atom stereocenters. The van der Waals surface area contributed by atoms with Gasteiger partial charge in [-0.1, -0.05) is 84.7 Å². The number of thiazole rings is 1. The van der Waals surface area contributed by atoms with Crippen LogP contribution in [0.2, 0.25) is 0 Å². The number of hydrogen-bond donors (Lipinski definition) is 2. The SMILES string of the molecule is C=C(/C=C\C=C/C)c1nc(NC(=O)c2ccccc2C(=O)O)sc1-c1ccccc1. The normalized spacial score (nSPS) is 11.1. The lowest BCUT2D eigenvalue weighted by Crippen LogP contribution is -2.16. The molecule has 2 aromatic carbocycles. The van der Waals surface area contributed by atoms with Crippen LogP contribution in [0, 0.1) is 0 Å². The second-order valence-electron chi connectivity index (χ2n) is 6.28. The van der Waals surface area contributed by atoms with Gasteiger partial charge in [0, 0.05) is 0 Å². The molecule has 150 valence electrons. The summed E-state index contributed by atoms with van der Waals surface area (Å²) in [5.74, 6) is -1.68. The van der Waals surface area contributed by atoms with Gasteiger partial charge in [0.1, 0.15) is 0 Å². The Labute approximate surface area is 178 Å². The largest absolute Gasteiger partial charge is 0.478 e. The molecule has 0 aliphatic heterocycles. The lowest BCUT2D eigenvalue weighted by Gasteiger charge is -2.05. The maximum absolute atomic E-state index is 12.7. The average molecular weight is 417 g/mol. The molecule has 1 heterocycles. The Bertz CT molecular complexity index is 1140. The number of carboxylic acids is 1. The second-order valence-corrected chi connectivity index (χ2v) is 7.28. The third-order valence-electron chi connectivity index (χ3n) is 4.19. The number of nitrogens with one attached hydrogen (secondary N) is 1. The molecule has 0 fully saturated rings. The molecule has 0 unspecified atom stereocenters. The van der Waals surface area contributed by atoms with Gasteiger partial charge in [0.15, 0.2) is 5.13 Å². The first kappa shape index (κ1) is 21.0. The van der Waals surface area contributed by atoms with E-state index in [-0.39, 0.29) is 11.1 Å². The zero-order valence-corrected chi connectivity index (χ0v) is 17.1. The van der Waals surface area contributed by atoms with E-state index in [1.165, 1.54) is 23.5 Å². The number of hydrogen-bond acceptors (Lipinski definition) is 4. The third-order valence-corrected chi connectivity index (χ3v) is 5.21. The number of benzene rings is 2. The quantitative estimate of drug-likeness (QED) is 0.470. The molecule has 30 heavy (non-hydrogen) atoms. The summed E-state index contributed by atoms with van der Waals surface area (Å²) in [5.41, 5.74) is 2.34. The zero-order chi connectivity index (χ0) is 21.5. The molecule has 0 radical (unpaired) electrons. The number of rotatable bonds is 7. The minimum atomic E-state index is -1.16. The number of amides is 1. The van der Waals surface area contributed by atoms with Crippen molar-refractivity contribution in [2.75, 3.05) is 5.32 Å². The first-order valence-corrected chi connectivity index (χ1v) is 10.0. The van der Waals surface area contributed by atoms with Crippen molar-refractivity contribution in [3.8, 4) is 10.4 Å². The van der Waals surface area contributed by atoms with Crippen molar-refractivity contribution in [1.82, 2.24) is 4.98 Å². The molecule has 5 nitrogen and oxygen atoms in total. The van der Waals surface area contributed by atoms with E-state index in [0.717, 1.165) is 10.4 Å². The Morgan fingerprint density at radius 1 is 1.03 bits per heavy atom. The van der Waals surface area contributed by atoms with Crippen LogP contribution in [-0.4, -0.2) is 22.0 Å². The van der Waals surface area contributed by atoms with Crippen LogP contribution in [0.15, 0.2) is 85.5 Å². The summed E-state index contributed by atoms with van der Waals surface area (Å²) < 4.78 is 0. The highest BCUT2D eigenvalue weighted by Crippen LogP contribution is 2.36. The van der Waals surface area contributed by atoms with Gasteiger partial charge in [-0.2, -0.15) is 0 Å². The molecule has 0 saturated carbocycles. The van der Waals surface area contributed by atoms with Crippen LogP contribution in [0.25, 0.3) is 16.0 Å². The number of aromatic nitrogens is 1. The fourth-order valence-corrected chi connectivity index (χ4v) is 3.77. The summed E-state index contributed by atoms with van der Waals surface area (Å²) >= 11 is 1.31. The number of carbonyl (C=O) groups is 2. The molecule has 1 aromatic heterocycles. The summed E-state index contributed by atoms with van der Waals surface area (Å²) in [5, 5.41) is 12.4. The van der Waals surface area contributed by atoms with E-state index < -0.39 is 11.9 Å². The van der Waals surface area contributed by atoms with Crippen LogP contribution >= 0.6 is 11.3 Å². The minimum absolute atomic E-state index is 0.0613. The van der Waals surface area contributed by atoms with E-state index in [2.05, 4.69) is 16.9 Å². The molecule has 0 aliphatic carbocycles. The van der Waals surface area contributed by atoms with Crippen molar-refractivity contribution >= 4 is 33.9 Å². The number of aromatic carboxylic acids is 1. The number of carboxylic acid groups (broad SMARTS) is 1. The van der Waals surface area contributed by atoms with Crippen LogP contribution < -0.4 is 5.32 Å². The number of anilines is 1. The maximum Gasteiger partial charge on any atom is 0.336 e. The standard InChI is InChI=1S/C24H20N2O3S/c1-3-4-6-11-16(2)20-21(17-12-7-5-8-13-17)30-24(25-20)26-22(27)18-14-9-10-15-19(18)23(28)29/h3-15H,2H2,1H3,(H,28,29)(H,25,26,27)/b4-3-,11-6-. The van der Waals surface area contributed by atoms with Crippen LogP contribution in [0.5, 0.6) is 0 Å². The van der Waals surface area contributed by atoms with E-state index >= 15 is 0 Å². The van der Waals surface area contributed by atoms with Gasteiger partial charge in [0.2, 0.25) is 0 Å². The molecular formula is C24H20N2O3S. The van der Waals surface area contributed by atoms with Crippen LogP contribution in [0.3, 0.4) is 0 Å². The van der Waals surface area contributed by atoms with Gasteiger partial charge in [0.25, 0.3) is 5.91 Å². The van der Waals surface area contributed by atoms with Crippen molar-refractivity contribution in [3.63, 3.8) is 0 Å². The van der Waals surface area contributed by atoms with Crippen molar-refractivity contribution in [2.45, 2.75) is 6.92 Å². The van der Waals surface area contributed by atoms with E-state index in [1.54, 1.807) is 12.1 Å². The molecular weight excluding hydrogens is 396 g/mol. The fourth-order valence-electron chi connectivity index (χ4n) is 2.77.